The summed E-state index contributed by atoms with van der Waals surface area (Å²) in [6.45, 7) is 4.54. The normalized spacial score (nSPS) is 12.7. The van der Waals surface area contributed by atoms with E-state index in [9.17, 15) is 29.3 Å². The van der Waals surface area contributed by atoms with Crippen molar-refractivity contribution >= 4 is 23.7 Å². The van der Waals surface area contributed by atoms with Crippen LogP contribution in [0.4, 0.5) is 20.7 Å². The van der Waals surface area contributed by atoms with E-state index < -0.39 is 48.2 Å². The second kappa shape index (κ2) is 19.2. The first-order valence-electron chi connectivity index (χ1n) is 18.9. The fourth-order valence-corrected chi connectivity index (χ4v) is 6.13. The standard InChI is InChI=1S/C44H44F2N8O5/c1-25(2)48-43-47-21-34(45)38(52-43)29-13-17-32(18-14-29)42(59)51-36(24-57)28-9-11-30(12-10-28)39-37(46)40(54-44(53-39)49-26(3)22-55)31-15-19-33(20-16-31)41(58)50-35(23-56)27-7-5-4-6-8-27/h4-21,25-26,35-36,55-57H,22-24H2,1-3H3,(H,50,58)(H,51,59)(H,47,48,52)(H,49,53,54)/t26?,35-,36-/m1/s1. The first-order chi connectivity index (χ1) is 28.5. The molecule has 0 aliphatic rings. The lowest BCUT2D eigenvalue weighted by Crippen LogP contribution is -2.30. The van der Waals surface area contributed by atoms with Gasteiger partial charge in [-0.15, -0.1) is 0 Å². The molecular formula is C44H44F2N8O5. The molecular weight excluding hydrogens is 759 g/mol. The lowest BCUT2D eigenvalue weighted by molar-refractivity contribution is 0.0909. The van der Waals surface area contributed by atoms with Gasteiger partial charge in [0, 0.05) is 39.9 Å². The van der Waals surface area contributed by atoms with Gasteiger partial charge >= 0.3 is 0 Å². The van der Waals surface area contributed by atoms with E-state index >= 15 is 4.39 Å². The van der Waals surface area contributed by atoms with E-state index in [1.54, 1.807) is 67.6 Å². The molecule has 0 saturated carbocycles. The molecule has 0 bridgehead atoms. The predicted molar refractivity (Wildman–Crippen MR) is 220 cm³/mol. The van der Waals surface area contributed by atoms with Gasteiger partial charge in [-0.3, -0.25) is 9.59 Å². The Kier molecular flexibility index (Phi) is 13.6. The summed E-state index contributed by atoms with van der Waals surface area (Å²) >= 11 is 0. The number of hydrogen-bond donors (Lipinski definition) is 7. The molecule has 4 aromatic carbocycles. The van der Waals surface area contributed by atoms with E-state index in [1.807, 2.05) is 32.0 Å². The van der Waals surface area contributed by atoms with Crippen molar-refractivity contribution < 1.29 is 33.7 Å². The molecule has 2 heterocycles. The van der Waals surface area contributed by atoms with E-state index in [0.717, 1.165) is 11.8 Å². The zero-order valence-corrected chi connectivity index (χ0v) is 32.5. The van der Waals surface area contributed by atoms with Gasteiger partial charge in [0.25, 0.3) is 11.8 Å². The van der Waals surface area contributed by atoms with Crippen LogP contribution in [0.2, 0.25) is 0 Å². The van der Waals surface area contributed by atoms with Crippen molar-refractivity contribution in [2.24, 2.45) is 0 Å². The van der Waals surface area contributed by atoms with Crippen LogP contribution in [-0.2, 0) is 0 Å². The molecule has 15 heteroatoms. The fourth-order valence-electron chi connectivity index (χ4n) is 6.13. The summed E-state index contributed by atoms with van der Waals surface area (Å²) in [5.41, 5.74) is 2.96. The maximum Gasteiger partial charge on any atom is 0.251 e. The maximum atomic E-state index is 16.4. The molecule has 0 aliphatic carbocycles. The zero-order chi connectivity index (χ0) is 42.1. The summed E-state index contributed by atoms with van der Waals surface area (Å²) in [5, 5.41) is 41.5. The van der Waals surface area contributed by atoms with Crippen LogP contribution in [0, 0.1) is 11.6 Å². The van der Waals surface area contributed by atoms with Crippen molar-refractivity contribution in [3.8, 4) is 33.8 Å². The summed E-state index contributed by atoms with van der Waals surface area (Å²) in [5.74, 6) is -1.94. The molecule has 13 nitrogen and oxygen atoms in total. The minimum atomic E-state index is -0.829. The van der Waals surface area contributed by atoms with Gasteiger partial charge in [-0.05, 0) is 56.2 Å². The molecule has 59 heavy (non-hydrogen) atoms. The van der Waals surface area contributed by atoms with Crippen LogP contribution in [0.15, 0.2) is 109 Å². The Morgan fingerprint density at radius 2 is 1.03 bits per heavy atom. The van der Waals surface area contributed by atoms with Gasteiger partial charge in [0.15, 0.2) is 11.6 Å². The minimum absolute atomic E-state index is 0.0409. The highest BCUT2D eigenvalue weighted by molar-refractivity contribution is 5.95. The number of aromatic nitrogens is 4. The van der Waals surface area contributed by atoms with Crippen molar-refractivity contribution in [2.75, 3.05) is 30.5 Å². The monoisotopic (exact) mass is 802 g/mol. The number of nitrogens with zero attached hydrogens (tertiary/aromatic N) is 4. The van der Waals surface area contributed by atoms with Crippen molar-refractivity contribution in [1.82, 2.24) is 30.6 Å². The highest BCUT2D eigenvalue weighted by Gasteiger charge is 2.22. The Morgan fingerprint density at radius 3 is 1.51 bits per heavy atom. The van der Waals surface area contributed by atoms with Crippen LogP contribution < -0.4 is 21.3 Å². The van der Waals surface area contributed by atoms with Crippen LogP contribution in [0.1, 0.15) is 64.7 Å². The van der Waals surface area contributed by atoms with Gasteiger partial charge in [0.05, 0.1) is 38.1 Å². The van der Waals surface area contributed by atoms with E-state index in [0.29, 0.717) is 22.3 Å². The molecule has 0 aliphatic heterocycles. The van der Waals surface area contributed by atoms with E-state index in [1.165, 1.54) is 24.3 Å². The van der Waals surface area contributed by atoms with Crippen LogP contribution in [0.25, 0.3) is 33.8 Å². The number of halogens is 2. The van der Waals surface area contributed by atoms with E-state index in [2.05, 4.69) is 41.2 Å². The molecule has 0 fully saturated rings. The number of carbonyl (C=O) groups excluding carboxylic acids is 2. The average Bonchev–Trinajstić information content (AvgIpc) is 3.26. The summed E-state index contributed by atoms with van der Waals surface area (Å²) in [6.07, 6.45) is 1.08. The Hall–Kier alpha value is -6.68. The molecule has 3 atom stereocenters. The third kappa shape index (κ3) is 10.3. The van der Waals surface area contributed by atoms with Crippen molar-refractivity contribution in [3.63, 3.8) is 0 Å². The summed E-state index contributed by atoms with van der Waals surface area (Å²) in [4.78, 5) is 43.4. The Morgan fingerprint density at radius 1 is 0.576 bits per heavy atom. The summed E-state index contributed by atoms with van der Waals surface area (Å²) < 4.78 is 31.0. The number of carbonyl (C=O) groups is 2. The topological polar surface area (TPSA) is 195 Å². The summed E-state index contributed by atoms with van der Waals surface area (Å²) in [7, 11) is 0. The zero-order valence-electron chi connectivity index (χ0n) is 32.5. The Labute approximate surface area is 339 Å². The van der Waals surface area contributed by atoms with E-state index in [4.69, 9.17) is 0 Å². The van der Waals surface area contributed by atoms with Gasteiger partial charge in [-0.1, -0.05) is 78.9 Å². The molecule has 2 amide bonds. The number of nitrogens with one attached hydrogen (secondary N) is 4. The van der Waals surface area contributed by atoms with Gasteiger partial charge in [0.1, 0.15) is 17.1 Å². The molecule has 0 spiro atoms. The van der Waals surface area contributed by atoms with Gasteiger partial charge in [-0.25, -0.2) is 28.7 Å². The number of rotatable bonds is 16. The molecule has 6 aromatic rings. The molecule has 6 rings (SSSR count). The SMILES string of the molecule is CC(C)Nc1ncc(F)c(-c2ccc(C(=O)N[C@H](CO)c3ccc(-c4nc(NC(C)CO)nc(-c5ccc(C(=O)N[C@H](CO)c6ccccc6)cc5)c4F)cc3)cc2)n1. The number of benzene rings is 4. The second-order valence-electron chi connectivity index (χ2n) is 14.1. The third-order valence-electron chi connectivity index (χ3n) is 9.27. The summed E-state index contributed by atoms with van der Waals surface area (Å²) in [6, 6.07) is 26.0. The van der Waals surface area contributed by atoms with Gasteiger partial charge in [-0.2, -0.15) is 0 Å². The smallest absolute Gasteiger partial charge is 0.251 e. The van der Waals surface area contributed by atoms with Crippen LogP contribution in [-0.4, -0.2) is 79.0 Å². The van der Waals surface area contributed by atoms with Crippen molar-refractivity contribution in [2.45, 2.75) is 44.9 Å². The van der Waals surface area contributed by atoms with E-state index in [-0.39, 0.29) is 59.4 Å². The van der Waals surface area contributed by atoms with Gasteiger partial charge < -0.3 is 36.6 Å². The minimum Gasteiger partial charge on any atom is -0.394 e. The third-order valence-corrected chi connectivity index (χ3v) is 9.27. The Balaban J connectivity index is 1.20. The van der Waals surface area contributed by atoms with Crippen molar-refractivity contribution in [3.05, 3.63) is 143 Å². The second-order valence-corrected chi connectivity index (χ2v) is 14.1. The first-order valence-corrected chi connectivity index (χ1v) is 18.9. The molecule has 2 aromatic heterocycles. The number of aliphatic hydroxyl groups excluding tert-OH is 3. The molecule has 0 saturated heterocycles. The molecule has 7 N–H and O–H groups in total. The Bertz CT molecular complexity index is 2370. The number of anilines is 2. The number of amides is 2. The van der Waals surface area contributed by atoms with Crippen LogP contribution in [0.3, 0.4) is 0 Å². The van der Waals surface area contributed by atoms with Crippen molar-refractivity contribution in [1.29, 1.82) is 0 Å². The first kappa shape index (κ1) is 41.9. The molecule has 1 unspecified atom stereocenters. The lowest BCUT2D eigenvalue weighted by atomic mass is 10.0. The number of aliphatic hydroxyl groups is 3. The highest BCUT2D eigenvalue weighted by Crippen LogP contribution is 2.31. The predicted octanol–water partition coefficient (Wildman–Crippen LogP) is 6.09. The number of hydrogen-bond acceptors (Lipinski definition) is 11. The van der Waals surface area contributed by atoms with Crippen LogP contribution in [0.5, 0.6) is 0 Å². The largest absolute Gasteiger partial charge is 0.394 e. The average molecular weight is 803 g/mol. The quantitative estimate of drug-likeness (QED) is 0.0599. The maximum absolute atomic E-state index is 16.4. The van der Waals surface area contributed by atoms with Crippen LogP contribution >= 0.6 is 0 Å². The molecule has 304 valence electrons. The lowest BCUT2D eigenvalue weighted by Gasteiger charge is -2.18. The van der Waals surface area contributed by atoms with Gasteiger partial charge in [0.2, 0.25) is 11.9 Å². The molecule has 0 radical (unpaired) electrons. The highest BCUT2D eigenvalue weighted by atomic mass is 19.1. The fraction of sp³-hybridized carbons (Fsp3) is 0.227.